The summed E-state index contributed by atoms with van der Waals surface area (Å²) < 4.78 is 6.31. The van der Waals surface area contributed by atoms with E-state index in [2.05, 4.69) is 18.7 Å². The van der Waals surface area contributed by atoms with Gasteiger partial charge < -0.3 is 4.74 Å². The number of nitro groups is 1. The molecule has 6 heteroatoms. The number of non-ortho nitro benzene ring substituents is 1. The van der Waals surface area contributed by atoms with Gasteiger partial charge in [-0.05, 0) is 44.5 Å². The van der Waals surface area contributed by atoms with Gasteiger partial charge in [-0.2, -0.15) is 0 Å². The highest BCUT2D eigenvalue weighted by molar-refractivity contribution is 8.00. The van der Waals surface area contributed by atoms with Crippen LogP contribution in [-0.4, -0.2) is 40.0 Å². The largest absolute Gasteiger partial charge is 0.349 e. The molecule has 0 radical (unpaired) electrons. The van der Waals surface area contributed by atoms with Crippen molar-refractivity contribution >= 4 is 17.4 Å². The molecule has 0 N–H and O–H groups in total. The van der Waals surface area contributed by atoms with Crippen LogP contribution in [0.25, 0.3) is 0 Å². The van der Waals surface area contributed by atoms with Gasteiger partial charge in [-0.25, -0.2) is 0 Å². The summed E-state index contributed by atoms with van der Waals surface area (Å²) in [6, 6.07) is 6.92. The summed E-state index contributed by atoms with van der Waals surface area (Å²) in [6.07, 6.45) is 6.28. The highest BCUT2D eigenvalue weighted by Crippen LogP contribution is 2.52. The molecule has 1 saturated heterocycles. The van der Waals surface area contributed by atoms with Crippen molar-refractivity contribution in [2.45, 2.75) is 67.9 Å². The summed E-state index contributed by atoms with van der Waals surface area (Å²) >= 11 is 1.82. The van der Waals surface area contributed by atoms with Crippen molar-refractivity contribution in [1.29, 1.82) is 0 Å². The van der Waals surface area contributed by atoms with Crippen molar-refractivity contribution in [1.82, 2.24) is 4.90 Å². The van der Waals surface area contributed by atoms with E-state index in [-0.39, 0.29) is 22.4 Å². The van der Waals surface area contributed by atoms with Crippen molar-refractivity contribution in [3.63, 3.8) is 0 Å². The Bertz CT molecular complexity index is 576. The predicted molar refractivity (Wildman–Crippen MR) is 96.4 cm³/mol. The van der Waals surface area contributed by atoms with Crippen LogP contribution in [0.3, 0.4) is 0 Å². The van der Waals surface area contributed by atoms with Gasteiger partial charge in [-0.15, -0.1) is 11.8 Å². The highest BCUT2D eigenvalue weighted by atomic mass is 32.2. The molecule has 1 aromatic carbocycles. The van der Waals surface area contributed by atoms with Crippen LogP contribution < -0.4 is 0 Å². The molecule has 5 nitrogen and oxygen atoms in total. The third-order valence-corrected chi connectivity index (χ3v) is 6.54. The molecule has 3 atom stereocenters. The number of likely N-dealkylation sites (N-methyl/N-ethyl adjacent to an activating group) is 1. The molecule has 0 bridgehead atoms. The first-order valence-electron chi connectivity index (χ1n) is 8.94. The highest BCUT2D eigenvalue weighted by Gasteiger charge is 2.62. The Morgan fingerprint density at radius 2 is 1.96 bits per heavy atom. The quantitative estimate of drug-likeness (QED) is 0.431. The van der Waals surface area contributed by atoms with Gasteiger partial charge in [0.1, 0.15) is 11.8 Å². The van der Waals surface area contributed by atoms with Gasteiger partial charge in [-0.3, -0.25) is 15.0 Å². The number of hydrogen-bond donors (Lipinski definition) is 0. The van der Waals surface area contributed by atoms with E-state index in [4.69, 9.17) is 4.74 Å². The fourth-order valence-electron chi connectivity index (χ4n) is 3.92. The summed E-state index contributed by atoms with van der Waals surface area (Å²) in [4.78, 5) is 14.0. The minimum absolute atomic E-state index is 0.0671. The number of thioether (sulfide) groups is 1. The maximum Gasteiger partial charge on any atom is 0.269 e. The minimum atomic E-state index is -0.348. The van der Waals surface area contributed by atoms with Gasteiger partial charge in [0.15, 0.2) is 0 Å². The van der Waals surface area contributed by atoms with Crippen LogP contribution in [0.15, 0.2) is 29.2 Å². The van der Waals surface area contributed by atoms with Crippen molar-refractivity contribution in [3.8, 4) is 0 Å². The first-order valence-corrected chi connectivity index (χ1v) is 9.82. The maximum absolute atomic E-state index is 10.8. The molecule has 0 aromatic heterocycles. The van der Waals surface area contributed by atoms with Crippen LogP contribution in [0, 0.1) is 10.1 Å². The van der Waals surface area contributed by atoms with Crippen LogP contribution in [0.4, 0.5) is 5.69 Å². The second-order valence-electron chi connectivity index (χ2n) is 6.56. The van der Waals surface area contributed by atoms with Gasteiger partial charge in [0, 0.05) is 22.3 Å². The molecule has 24 heavy (non-hydrogen) atoms. The zero-order valence-corrected chi connectivity index (χ0v) is 15.3. The Balaban J connectivity index is 1.73. The van der Waals surface area contributed by atoms with Crippen molar-refractivity contribution in [2.75, 3.05) is 13.1 Å². The average molecular weight is 350 g/mol. The number of nitro benzene ring substituents is 1. The SMILES string of the molecule is CCN(CC)C12CCCCCC(Sc3ccc([N+](=O)[O-])cc3)C1O2. The molecule has 3 rings (SSSR count). The lowest BCUT2D eigenvalue weighted by molar-refractivity contribution is -0.384. The fourth-order valence-corrected chi connectivity index (χ4v) is 5.24. The standard InChI is InChI=1S/C18H26N2O3S/c1-3-19(4-2)18-13-7-5-6-8-16(17(18)23-18)24-15-11-9-14(10-12-15)20(21)22/h9-12,16-17H,3-8,13H2,1-2H3. The van der Waals surface area contributed by atoms with Crippen molar-refractivity contribution in [2.24, 2.45) is 0 Å². The van der Waals surface area contributed by atoms with Crippen LogP contribution >= 0.6 is 11.8 Å². The molecule has 1 aromatic rings. The van der Waals surface area contributed by atoms with Crippen molar-refractivity contribution < 1.29 is 9.66 Å². The first kappa shape index (κ1) is 17.7. The third kappa shape index (κ3) is 3.46. The molecule has 1 saturated carbocycles. The molecular formula is C18H26N2O3S. The zero-order valence-electron chi connectivity index (χ0n) is 14.4. The summed E-state index contributed by atoms with van der Waals surface area (Å²) in [5.41, 5.74) is 0.0831. The van der Waals surface area contributed by atoms with Crippen molar-refractivity contribution in [3.05, 3.63) is 34.4 Å². The summed E-state index contributed by atoms with van der Waals surface area (Å²) in [5, 5.41) is 11.2. The fraction of sp³-hybridized carbons (Fsp3) is 0.667. The first-order chi connectivity index (χ1) is 11.6. The van der Waals surface area contributed by atoms with E-state index in [1.54, 1.807) is 12.1 Å². The number of ether oxygens (including phenoxy) is 1. The number of rotatable bonds is 6. The van der Waals surface area contributed by atoms with Gasteiger partial charge in [0.2, 0.25) is 0 Å². The molecule has 2 aliphatic rings. The number of fused-ring (bicyclic) bond motifs is 1. The summed E-state index contributed by atoms with van der Waals surface area (Å²) in [6.45, 7) is 6.44. The topological polar surface area (TPSA) is 58.9 Å². The Kier molecular flexibility index (Phi) is 5.47. The predicted octanol–water partition coefficient (Wildman–Crippen LogP) is 4.46. The van der Waals surface area contributed by atoms with Crippen LogP contribution in [0.1, 0.15) is 46.0 Å². The Labute approximate surface area is 147 Å². The summed E-state index contributed by atoms with van der Waals surface area (Å²) in [7, 11) is 0. The number of epoxide rings is 1. The van der Waals surface area contributed by atoms with Gasteiger partial charge >= 0.3 is 0 Å². The second kappa shape index (κ2) is 7.42. The lowest BCUT2D eigenvalue weighted by Crippen LogP contribution is -2.42. The van der Waals surface area contributed by atoms with E-state index in [1.807, 2.05) is 23.9 Å². The van der Waals surface area contributed by atoms with E-state index in [0.717, 1.165) is 30.8 Å². The van der Waals surface area contributed by atoms with E-state index in [1.165, 1.54) is 19.3 Å². The average Bonchev–Trinajstić information content (AvgIpc) is 3.27. The molecular weight excluding hydrogens is 324 g/mol. The molecule has 3 unspecified atom stereocenters. The Morgan fingerprint density at radius 3 is 2.58 bits per heavy atom. The van der Waals surface area contributed by atoms with E-state index < -0.39 is 0 Å². The van der Waals surface area contributed by atoms with Gasteiger partial charge in [-0.1, -0.05) is 26.7 Å². The van der Waals surface area contributed by atoms with E-state index in [0.29, 0.717) is 5.25 Å². The molecule has 0 spiro atoms. The smallest absolute Gasteiger partial charge is 0.269 e. The Hall–Kier alpha value is -1.11. The lowest BCUT2D eigenvalue weighted by atomic mass is 9.95. The number of benzene rings is 1. The summed E-state index contributed by atoms with van der Waals surface area (Å²) in [5.74, 6) is 0. The minimum Gasteiger partial charge on any atom is -0.349 e. The van der Waals surface area contributed by atoms with E-state index >= 15 is 0 Å². The van der Waals surface area contributed by atoms with E-state index in [9.17, 15) is 10.1 Å². The molecule has 2 fully saturated rings. The number of nitrogens with zero attached hydrogens (tertiary/aromatic N) is 2. The number of hydrogen-bond acceptors (Lipinski definition) is 5. The second-order valence-corrected chi connectivity index (χ2v) is 7.87. The van der Waals surface area contributed by atoms with Crippen LogP contribution in [0.2, 0.25) is 0 Å². The molecule has 0 amide bonds. The third-order valence-electron chi connectivity index (χ3n) is 5.21. The van der Waals surface area contributed by atoms with Gasteiger partial charge in [0.05, 0.1) is 4.92 Å². The maximum atomic E-state index is 10.8. The molecule has 1 aliphatic heterocycles. The molecule has 1 heterocycles. The van der Waals surface area contributed by atoms with Gasteiger partial charge in [0.25, 0.3) is 5.69 Å². The molecule has 1 aliphatic carbocycles. The normalized spacial score (nSPS) is 29.6. The Morgan fingerprint density at radius 1 is 1.25 bits per heavy atom. The van der Waals surface area contributed by atoms with Crippen LogP contribution in [0.5, 0.6) is 0 Å². The van der Waals surface area contributed by atoms with Crippen LogP contribution in [-0.2, 0) is 4.74 Å². The molecule has 132 valence electrons. The monoisotopic (exact) mass is 350 g/mol. The zero-order chi connectivity index (χ0) is 17.2. The lowest BCUT2D eigenvalue weighted by Gasteiger charge is -2.30.